The largest absolute Gasteiger partial charge is 0.387 e. The minimum Gasteiger partial charge on any atom is -0.387 e. The summed E-state index contributed by atoms with van der Waals surface area (Å²) in [6.07, 6.45) is 4.02. The number of rotatable bonds is 3. The molecule has 4 rings (SSSR count). The minimum atomic E-state index is -0.527. The van der Waals surface area contributed by atoms with E-state index in [0.717, 1.165) is 25.1 Å². The fraction of sp³-hybridized carbons (Fsp3) is 0.409. The van der Waals surface area contributed by atoms with E-state index in [1.807, 2.05) is 26.0 Å². The van der Waals surface area contributed by atoms with Crippen LogP contribution in [-0.2, 0) is 19.5 Å². The first-order chi connectivity index (χ1) is 12.6. The fourth-order valence-corrected chi connectivity index (χ4v) is 3.76. The van der Waals surface area contributed by atoms with Crippen molar-refractivity contribution >= 4 is 10.9 Å². The Balaban J connectivity index is 0.000000948. The number of aliphatic hydroxyl groups is 1. The van der Waals surface area contributed by atoms with E-state index in [9.17, 15) is 5.11 Å². The summed E-state index contributed by atoms with van der Waals surface area (Å²) in [7, 11) is 2.16. The highest BCUT2D eigenvalue weighted by Gasteiger charge is 2.23. The van der Waals surface area contributed by atoms with Crippen molar-refractivity contribution in [2.24, 2.45) is 0 Å². The van der Waals surface area contributed by atoms with Gasteiger partial charge in [-0.1, -0.05) is 25.5 Å². The van der Waals surface area contributed by atoms with Crippen molar-refractivity contribution < 1.29 is 5.11 Å². The zero-order valence-corrected chi connectivity index (χ0v) is 16.2. The topological polar surface area (TPSA) is 41.3 Å². The van der Waals surface area contributed by atoms with Gasteiger partial charge in [0.25, 0.3) is 0 Å². The summed E-state index contributed by atoms with van der Waals surface area (Å²) in [6.45, 7) is 8.75. The predicted molar refractivity (Wildman–Crippen MR) is 107 cm³/mol. The van der Waals surface area contributed by atoms with E-state index in [1.54, 1.807) is 12.4 Å². The van der Waals surface area contributed by atoms with Crippen molar-refractivity contribution in [3.05, 3.63) is 65.1 Å². The molecule has 2 aromatic heterocycles. The molecule has 1 aliphatic heterocycles. The maximum Gasteiger partial charge on any atom is 0.0970 e. The van der Waals surface area contributed by atoms with E-state index in [0.29, 0.717) is 6.54 Å². The van der Waals surface area contributed by atoms with E-state index in [4.69, 9.17) is 0 Å². The summed E-state index contributed by atoms with van der Waals surface area (Å²) >= 11 is 0. The number of benzene rings is 1. The van der Waals surface area contributed by atoms with Crippen LogP contribution in [0.5, 0.6) is 0 Å². The number of aliphatic hydroxyl groups excluding tert-OH is 1. The van der Waals surface area contributed by atoms with E-state index in [1.165, 1.54) is 27.7 Å². The molecule has 4 nitrogen and oxygen atoms in total. The molecular weight excluding hydrogens is 322 g/mol. The first kappa shape index (κ1) is 18.6. The van der Waals surface area contributed by atoms with Gasteiger partial charge in [-0.15, -0.1) is 0 Å². The zero-order valence-electron chi connectivity index (χ0n) is 16.2. The Hall–Kier alpha value is -2.17. The summed E-state index contributed by atoms with van der Waals surface area (Å²) in [5.74, 6) is 0. The molecule has 0 saturated heterocycles. The number of pyridine rings is 1. The van der Waals surface area contributed by atoms with Gasteiger partial charge in [-0.3, -0.25) is 4.98 Å². The molecule has 1 unspecified atom stereocenters. The van der Waals surface area contributed by atoms with Crippen LogP contribution in [-0.4, -0.2) is 33.1 Å². The molecular formula is C22H29N3O. The van der Waals surface area contributed by atoms with Gasteiger partial charge in [-0.25, -0.2) is 0 Å². The first-order valence-electron chi connectivity index (χ1n) is 9.50. The molecule has 1 aliphatic rings. The Labute approximate surface area is 156 Å². The molecule has 138 valence electrons. The van der Waals surface area contributed by atoms with Crippen LogP contribution in [0.3, 0.4) is 0 Å². The Bertz CT molecular complexity index is 870. The lowest BCUT2D eigenvalue weighted by Crippen LogP contribution is -2.28. The maximum atomic E-state index is 10.7. The molecule has 0 aliphatic carbocycles. The van der Waals surface area contributed by atoms with Gasteiger partial charge in [0.2, 0.25) is 0 Å². The second kappa shape index (κ2) is 8.02. The molecule has 3 aromatic rings. The molecule has 0 saturated carbocycles. The van der Waals surface area contributed by atoms with Gasteiger partial charge in [0.15, 0.2) is 0 Å². The highest BCUT2D eigenvalue weighted by Crippen LogP contribution is 2.32. The van der Waals surface area contributed by atoms with Crippen molar-refractivity contribution in [1.29, 1.82) is 0 Å². The second-order valence-electron chi connectivity index (χ2n) is 6.84. The molecule has 0 fully saturated rings. The number of aryl methyl sites for hydroxylation is 1. The molecule has 1 atom stereocenters. The van der Waals surface area contributed by atoms with Gasteiger partial charge in [0.1, 0.15) is 0 Å². The van der Waals surface area contributed by atoms with E-state index >= 15 is 0 Å². The van der Waals surface area contributed by atoms with Crippen molar-refractivity contribution in [3.63, 3.8) is 0 Å². The highest BCUT2D eigenvalue weighted by molar-refractivity contribution is 5.86. The van der Waals surface area contributed by atoms with Crippen LogP contribution in [0.4, 0.5) is 0 Å². The van der Waals surface area contributed by atoms with Crippen LogP contribution in [0.25, 0.3) is 10.9 Å². The molecule has 0 radical (unpaired) electrons. The van der Waals surface area contributed by atoms with Crippen molar-refractivity contribution in [1.82, 2.24) is 14.5 Å². The number of hydrogen-bond donors (Lipinski definition) is 1. The zero-order chi connectivity index (χ0) is 18.7. The van der Waals surface area contributed by atoms with Crippen LogP contribution in [0.1, 0.15) is 42.3 Å². The second-order valence-corrected chi connectivity index (χ2v) is 6.84. The predicted octanol–water partition coefficient (Wildman–Crippen LogP) is 4.09. The monoisotopic (exact) mass is 351 g/mol. The van der Waals surface area contributed by atoms with Crippen molar-refractivity contribution in [3.8, 4) is 0 Å². The number of likely N-dealkylation sites (N-methyl/N-ethyl adjacent to an activating group) is 1. The smallest absolute Gasteiger partial charge is 0.0970 e. The fourth-order valence-electron chi connectivity index (χ4n) is 3.76. The third-order valence-corrected chi connectivity index (χ3v) is 5.05. The lowest BCUT2D eigenvalue weighted by molar-refractivity contribution is 0.155. The number of nitrogens with zero attached hydrogens (tertiary/aromatic N) is 3. The van der Waals surface area contributed by atoms with Gasteiger partial charge in [-0.05, 0) is 55.8 Å². The molecule has 0 spiro atoms. The molecule has 0 bridgehead atoms. The third kappa shape index (κ3) is 3.53. The van der Waals surface area contributed by atoms with E-state index in [2.05, 4.69) is 46.6 Å². The van der Waals surface area contributed by atoms with Gasteiger partial charge in [-0.2, -0.15) is 0 Å². The van der Waals surface area contributed by atoms with Gasteiger partial charge >= 0.3 is 0 Å². The molecule has 26 heavy (non-hydrogen) atoms. The lowest BCUT2D eigenvalue weighted by Gasteiger charge is -2.25. The Kier molecular flexibility index (Phi) is 5.74. The molecule has 0 amide bonds. The highest BCUT2D eigenvalue weighted by atomic mass is 16.3. The van der Waals surface area contributed by atoms with Crippen molar-refractivity contribution in [2.45, 2.75) is 46.4 Å². The third-order valence-electron chi connectivity index (χ3n) is 5.05. The molecule has 3 heterocycles. The van der Waals surface area contributed by atoms with Crippen LogP contribution in [0.2, 0.25) is 0 Å². The van der Waals surface area contributed by atoms with Crippen LogP contribution >= 0.6 is 0 Å². The van der Waals surface area contributed by atoms with E-state index < -0.39 is 6.10 Å². The summed E-state index contributed by atoms with van der Waals surface area (Å²) in [4.78, 5) is 6.39. The van der Waals surface area contributed by atoms with Gasteiger partial charge < -0.3 is 14.6 Å². The number of fused-ring (bicyclic) bond motifs is 3. The first-order valence-corrected chi connectivity index (χ1v) is 9.50. The average Bonchev–Trinajstić information content (AvgIpc) is 2.96. The Morgan fingerprint density at radius 3 is 2.62 bits per heavy atom. The summed E-state index contributed by atoms with van der Waals surface area (Å²) < 4.78 is 2.31. The van der Waals surface area contributed by atoms with Crippen LogP contribution < -0.4 is 0 Å². The number of hydrogen-bond acceptors (Lipinski definition) is 3. The summed E-state index contributed by atoms with van der Waals surface area (Å²) in [5, 5.41) is 12.1. The average molecular weight is 351 g/mol. The SMILES string of the molecule is CC.Cc1ccc2c(c1)c1c(n2CC(O)c2ccncc2)CN(C)CC1. The molecule has 1 aromatic carbocycles. The van der Waals surface area contributed by atoms with E-state index in [-0.39, 0.29) is 0 Å². The maximum absolute atomic E-state index is 10.7. The lowest BCUT2D eigenvalue weighted by atomic mass is 10.0. The van der Waals surface area contributed by atoms with Gasteiger partial charge in [0.05, 0.1) is 12.6 Å². The quantitative estimate of drug-likeness (QED) is 0.773. The Morgan fingerprint density at radius 1 is 1.15 bits per heavy atom. The van der Waals surface area contributed by atoms with Gasteiger partial charge in [0, 0.05) is 42.1 Å². The Morgan fingerprint density at radius 2 is 1.88 bits per heavy atom. The minimum absolute atomic E-state index is 0.527. The van der Waals surface area contributed by atoms with Crippen molar-refractivity contribution in [2.75, 3.05) is 13.6 Å². The normalized spacial score (nSPS) is 15.3. The summed E-state index contributed by atoms with van der Waals surface area (Å²) in [6, 6.07) is 10.4. The van der Waals surface area contributed by atoms with Crippen LogP contribution in [0.15, 0.2) is 42.7 Å². The molecule has 4 heteroatoms. The molecule has 1 N–H and O–H groups in total. The number of aromatic nitrogens is 2. The summed E-state index contributed by atoms with van der Waals surface area (Å²) in [5.41, 5.74) is 6.23. The standard InChI is InChI=1S/C20H23N3O.C2H6/c1-14-3-4-18-17(11-14)16-7-10-22(2)12-19(16)23(18)13-20(24)15-5-8-21-9-6-15;1-2/h3-6,8-9,11,20,24H,7,10,12-13H2,1-2H3;1-2H3. The van der Waals surface area contributed by atoms with Crippen LogP contribution in [0, 0.1) is 6.92 Å².